The van der Waals surface area contributed by atoms with Crippen LogP contribution in [0.5, 0.6) is 0 Å². The van der Waals surface area contributed by atoms with Crippen LogP contribution in [-0.2, 0) is 10.9 Å². The van der Waals surface area contributed by atoms with E-state index >= 15 is 0 Å². The molecule has 1 saturated heterocycles. The van der Waals surface area contributed by atoms with Crippen molar-refractivity contribution in [3.63, 3.8) is 0 Å². The molecule has 1 aromatic heterocycles. The van der Waals surface area contributed by atoms with Gasteiger partial charge in [0.2, 0.25) is 0 Å². The second kappa shape index (κ2) is 5.56. The number of alkyl halides is 3. The second-order valence-corrected chi connectivity index (χ2v) is 4.37. The number of hydrogen-bond donors (Lipinski definition) is 1. The average molecular weight is 260 g/mol. The Kier molecular flexibility index (Phi) is 4.06. The lowest BCUT2D eigenvalue weighted by atomic mass is 10.0. The summed E-state index contributed by atoms with van der Waals surface area (Å²) in [6.45, 7) is 2.03. The van der Waals surface area contributed by atoms with E-state index in [2.05, 4.69) is 10.3 Å². The number of rotatable bonds is 3. The van der Waals surface area contributed by atoms with Gasteiger partial charge in [0.1, 0.15) is 11.5 Å². The smallest absolute Gasteiger partial charge is 0.381 e. The minimum Gasteiger partial charge on any atom is -0.381 e. The summed E-state index contributed by atoms with van der Waals surface area (Å²) >= 11 is 0. The Morgan fingerprint density at radius 3 is 2.89 bits per heavy atom. The summed E-state index contributed by atoms with van der Waals surface area (Å²) < 4.78 is 42.7. The molecule has 0 aliphatic carbocycles. The summed E-state index contributed by atoms with van der Waals surface area (Å²) in [5, 5.41) is 2.94. The number of anilines is 1. The number of pyridine rings is 1. The molecule has 1 aliphatic heterocycles. The lowest BCUT2D eigenvalue weighted by Crippen LogP contribution is -2.24. The molecule has 0 spiro atoms. The number of hydrogen-bond acceptors (Lipinski definition) is 3. The highest BCUT2D eigenvalue weighted by molar-refractivity contribution is 5.35. The van der Waals surface area contributed by atoms with Gasteiger partial charge in [0.25, 0.3) is 0 Å². The van der Waals surface area contributed by atoms with Gasteiger partial charge in [-0.1, -0.05) is 6.07 Å². The first-order valence-corrected chi connectivity index (χ1v) is 5.91. The van der Waals surface area contributed by atoms with Crippen LogP contribution in [0.15, 0.2) is 18.2 Å². The normalized spacial score (nSPS) is 20.7. The maximum absolute atomic E-state index is 12.5. The SMILES string of the molecule is FC(F)(F)c1cccc(NCC2CCCOC2)n1. The molecule has 6 heteroatoms. The summed E-state index contributed by atoms with van der Waals surface area (Å²) in [5.74, 6) is 0.602. The third kappa shape index (κ3) is 3.60. The van der Waals surface area contributed by atoms with Gasteiger partial charge in [-0.3, -0.25) is 0 Å². The van der Waals surface area contributed by atoms with Crippen LogP contribution in [0, 0.1) is 5.92 Å². The Balaban J connectivity index is 1.92. The Hall–Kier alpha value is -1.30. The van der Waals surface area contributed by atoms with Crippen LogP contribution < -0.4 is 5.32 Å². The zero-order valence-electron chi connectivity index (χ0n) is 9.83. The maximum Gasteiger partial charge on any atom is 0.433 e. The van der Waals surface area contributed by atoms with Gasteiger partial charge in [0.15, 0.2) is 0 Å². The van der Waals surface area contributed by atoms with Gasteiger partial charge in [-0.15, -0.1) is 0 Å². The lowest BCUT2D eigenvalue weighted by molar-refractivity contribution is -0.141. The molecule has 18 heavy (non-hydrogen) atoms. The first kappa shape index (κ1) is 13.1. The van der Waals surface area contributed by atoms with Gasteiger partial charge in [0, 0.05) is 13.2 Å². The molecule has 1 atom stereocenters. The number of halogens is 3. The molecule has 1 N–H and O–H groups in total. The van der Waals surface area contributed by atoms with E-state index in [4.69, 9.17) is 4.74 Å². The van der Waals surface area contributed by atoms with Crippen molar-refractivity contribution in [2.45, 2.75) is 19.0 Å². The monoisotopic (exact) mass is 260 g/mol. The molecule has 3 nitrogen and oxygen atoms in total. The van der Waals surface area contributed by atoms with Crippen molar-refractivity contribution in [1.82, 2.24) is 4.98 Å². The van der Waals surface area contributed by atoms with Crippen LogP contribution in [-0.4, -0.2) is 24.7 Å². The molecule has 1 aromatic rings. The van der Waals surface area contributed by atoms with Crippen LogP contribution in [0.25, 0.3) is 0 Å². The molecular weight excluding hydrogens is 245 g/mol. The zero-order chi connectivity index (χ0) is 13.0. The molecule has 1 aliphatic rings. The summed E-state index contributed by atoms with van der Waals surface area (Å²) in [5.41, 5.74) is -0.868. The average Bonchev–Trinajstić information content (AvgIpc) is 2.37. The fourth-order valence-electron chi connectivity index (χ4n) is 1.91. The van der Waals surface area contributed by atoms with E-state index in [0.29, 0.717) is 19.1 Å². The fourth-order valence-corrected chi connectivity index (χ4v) is 1.91. The molecule has 1 fully saturated rings. The Morgan fingerprint density at radius 2 is 2.22 bits per heavy atom. The van der Waals surface area contributed by atoms with Crippen molar-refractivity contribution in [2.75, 3.05) is 25.1 Å². The van der Waals surface area contributed by atoms with E-state index in [1.165, 1.54) is 6.07 Å². The first-order chi connectivity index (χ1) is 8.55. The van der Waals surface area contributed by atoms with Gasteiger partial charge in [-0.05, 0) is 30.9 Å². The lowest BCUT2D eigenvalue weighted by Gasteiger charge is -2.22. The van der Waals surface area contributed by atoms with Crippen molar-refractivity contribution in [1.29, 1.82) is 0 Å². The molecule has 0 bridgehead atoms. The largest absolute Gasteiger partial charge is 0.433 e. The van der Waals surface area contributed by atoms with Gasteiger partial charge in [0.05, 0.1) is 6.61 Å². The van der Waals surface area contributed by atoms with E-state index < -0.39 is 11.9 Å². The minimum atomic E-state index is -4.40. The van der Waals surface area contributed by atoms with E-state index in [1.807, 2.05) is 0 Å². The zero-order valence-corrected chi connectivity index (χ0v) is 9.83. The van der Waals surface area contributed by atoms with E-state index in [9.17, 15) is 13.2 Å². The van der Waals surface area contributed by atoms with Crippen molar-refractivity contribution >= 4 is 5.82 Å². The molecule has 1 unspecified atom stereocenters. The van der Waals surface area contributed by atoms with Crippen LogP contribution in [0.4, 0.5) is 19.0 Å². The fraction of sp³-hybridized carbons (Fsp3) is 0.583. The minimum absolute atomic E-state index is 0.260. The van der Waals surface area contributed by atoms with Crippen molar-refractivity contribution in [2.24, 2.45) is 5.92 Å². The van der Waals surface area contributed by atoms with Crippen LogP contribution in [0.3, 0.4) is 0 Å². The molecule has 0 saturated carbocycles. The molecule has 100 valence electrons. The summed E-state index contributed by atoms with van der Waals surface area (Å²) in [4.78, 5) is 3.55. The third-order valence-electron chi connectivity index (χ3n) is 2.87. The predicted octanol–water partition coefficient (Wildman–Crippen LogP) is 2.94. The van der Waals surface area contributed by atoms with Gasteiger partial charge in [-0.2, -0.15) is 13.2 Å². The highest BCUT2D eigenvalue weighted by Crippen LogP contribution is 2.28. The van der Waals surface area contributed by atoms with Gasteiger partial charge >= 0.3 is 6.18 Å². The van der Waals surface area contributed by atoms with Gasteiger partial charge < -0.3 is 10.1 Å². The third-order valence-corrected chi connectivity index (χ3v) is 2.87. The number of nitrogens with zero attached hydrogens (tertiary/aromatic N) is 1. The quantitative estimate of drug-likeness (QED) is 0.907. The predicted molar refractivity (Wildman–Crippen MR) is 61.3 cm³/mol. The standard InChI is InChI=1S/C12H15F3N2O/c13-12(14,15)10-4-1-5-11(17-10)16-7-9-3-2-6-18-8-9/h1,4-5,9H,2-3,6-8H2,(H,16,17). The summed E-state index contributed by atoms with van der Waals surface area (Å²) in [7, 11) is 0. The number of ether oxygens (including phenoxy) is 1. The Bertz CT molecular complexity index is 389. The number of nitrogens with one attached hydrogen (secondary N) is 1. The van der Waals surface area contributed by atoms with Crippen LogP contribution in [0.2, 0.25) is 0 Å². The van der Waals surface area contributed by atoms with Crippen molar-refractivity contribution in [3.05, 3.63) is 23.9 Å². The van der Waals surface area contributed by atoms with E-state index in [1.54, 1.807) is 6.07 Å². The summed E-state index contributed by atoms with van der Waals surface area (Å²) in [6, 6.07) is 3.86. The molecule has 2 rings (SSSR count). The highest BCUT2D eigenvalue weighted by Gasteiger charge is 2.32. The molecule has 0 amide bonds. The highest BCUT2D eigenvalue weighted by atomic mass is 19.4. The first-order valence-electron chi connectivity index (χ1n) is 5.91. The molecule has 0 aromatic carbocycles. The Labute approximate surface area is 103 Å². The molecular formula is C12H15F3N2O. The summed E-state index contributed by atoms with van der Waals surface area (Å²) in [6.07, 6.45) is -2.36. The number of aromatic nitrogens is 1. The van der Waals surface area contributed by atoms with Crippen molar-refractivity contribution in [3.8, 4) is 0 Å². The Morgan fingerprint density at radius 1 is 1.39 bits per heavy atom. The topological polar surface area (TPSA) is 34.1 Å². The molecule has 2 heterocycles. The van der Waals surface area contributed by atoms with Crippen molar-refractivity contribution < 1.29 is 17.9 Å². The molecule has 0 radical (unpaired) electrons. The van der Waals surface area contributed by atoms with E-state index in [0.717, 1.165) is 25.5 Å². The van der Waals surface area contributed by atoms with Crippen LogP contribution in [0.1, 0.15) is 18.5 Å². The van der Waals surface area contributed by atoms with Gasteiger partial charge in [-0.25, -0.2) is 4.98 Å². The van der Waals surface area contributed by atoms with Crippen LogP contribution >= 0.6 is 0 Å². The second-order valence-electron chi connectivity index (χ2n) is 4.37. The van der Waals surface area contributed by atoms with E-state index in [-0.39, 0.29) is 5.82 Å². The maximum atomic E-state index is 12.5.